The summed E-state index contributed by atoms with van der Waals surface area (Å²) in [6, 6.07) is 22.6. The van der Waals surface area contributed by atoms with Gasteiger partial charge in [-0.1, -0.05) is 54.6 Å². The van der Waals surface area contributed by atoms with E-state index in [-0.39, 0.29) is 5.91 Å². The molecule has 7 heteroatoms. The maximum Gasteiger partial charge on any atom is 0.251 e. The van der Waals surface area contributed by atoms with Gasteiger partial charge < -0.3 is 10.1 Å². The molecule has 30 heavy (non-hydrogen) atoms. The fourth-order valence-corrected chi connectivity index (χ4v) is 3.57. The number of para-hydroxylation sites is 1. The van der Waals surface area contributed by atoms with Crippen LogP contribution in [0.25, 0.3) is 11.1 Å². The second kappa shape index (κ2) is 9.45. The van der Waals surface area contributed by atoms with Gasteiger partial charge in [0.15, 0.2) is 0 Å². The van der Waals surface area contributed by atoms with E-state index in [0.717, 1.165) is 28.7 Å². The number of benzene rings is 3. The van der Waals surface area contributed by atoms with Crippen LogP contribution in [0.15, 0.2) is 72.8 Å². The average Bonchev–Trinajstić information content (AvgIpc) is 2.72. The van der Waals surface area contributed by atoms with Crippen molar-refractivity contribution in [1.82, 2.24) is 5.32 Å². The highest BCUT2D eigenvalue weighted by molar-refractivity contribution is 7.92. The molecule has 0 aliphatic rings. The van der Waals surface area contributed by atoms with Crippen LogP contribution in [0.5, 0.6) is 5.75 Å². The number of hydrogen-bond donors (Lipinski definition) is 2. The van der Waals surface area contributed by atoms with E-state index in [1.54, 1.807) is 19.1 Å². The molecular weight excluding hydrogens is 400 g/mol. The number of carbonyl (C=O) groups is 1. The highest BCUT2D eigenvalue weighted by atomic mass is 32.2. The molecule has 0 saturated heterocycles. The smallest absolute Gasteiger partial charge is 0.251 e. The van der Waals surface area contributed by atoms with Gasteiger partial charge in [-0.3, -0.25) is 9.52 Å². The molecule has 3 aromatic rings. The molecule has 6 nitrogen and oxygen atoms in total. The highest BCUT2D eigenvalue weighted by Gasteiger charge is 2.11. The normalized spacial score (nSPS) is 11.0. The second-order valence-corrected chi connectivity index (χ2v) is 8.62. The summed E-state index contributed by atoms with van der Waals surface area (Å²) in [4.78, 5) is 12.4. The summed E-state index contributed by atoms with van der Waals surface area (Å²) in [5.74, 6) is 0.444. The van der Waals surface area contributed by atoms with Crippen molar-refractivity contribution in [2.24, 2.45) is 0 Å². The Morgan fingerprint density at radius 1 is 0.967 bits per heavy atom. The molecule has 0 saturated carbocycles. The molecule has 0 fully saturated rings. The summed E-state index contributed by atoms with van der Waals surface area (Å²) in [7, 11) is -3.42. The molecule has 2 N–H and O–H groups in total. The summed E-state index contributed by atoms with van der Waals surface area (Å²) in [6.45, 7) is 2.38. The molecule has 0 aliphatic carbocycles. The topological polar surface area (TPSA) is 84.5 Å². The quantitative estimate of drug-likeness (QED) is 0.538. The molecule has 0 atom stereocenters. The lowest BCUT2D eigenvalue weighted by Gasteiger charge is -2.13. The number of amides is 1. The summed E-state index contributed by atoms with van der Waals surface area (Å²) in [6.07, 6.45) is 1.07. The monoisotopic (exact) mass is 424 g/mol. The second-order valence-electron chi connectivity index (χ2n) is 6.87. The van der Waals surface area contributed by atoms with Crippen molar-refractivity contribution < 1.29 is 17.9 Å². The maximum absolute atomic E-state index is 12.4. The first-order chi connectivity index (χ1) is 14.3. The fourth-order valence-electron chi connectivity index (χ4n) is 2.95. The van der Waals surface area contributed by atoms with E-state index in [1.807, 2.05) is 54.6 Å². The van der Waals surface area contributed by atoms with Gasteiger partial charge in [0.1, 0.15) is 12.4 Å². The molecule has 0 bridgehead atoms. The maximum atomic E-state index is 12.4. The Hall–Kier alpha value is -3.32. The summed E-state index contributed by atoms with van der Waals surface area (Å²) in [5.41, 5.74) is 3.54. The summed E-state index contributed by atoms with van der Waals surface area (Å²) >= 11 is 0. The molecule has 0 aromatic heterocycles. The van der Waals surface area contributed by atoms with Gasteiger partial charge in [0.25, 0.3) is 5.91 Å². The van der Waals surface area contributed by atoms with E-state index in [0.29, 0.717) is 24.4 Å². The number of aryl methyl sites for hydroxylation is 1. The number of ether oxygens (including phenoxy) is 1. The van der Waals surface area contributed by atoms with Crippen LogP contribution in [0.3, 0.4) is 0 Å². The zero-order valence-corrected chi connectivity index (χ0v) is 17.7. The molecule has 3 rings (SSSR count). The van der Waals surface area contributed by atoms with Crippen molar-refractivity contribution in [1.29, 1.82) is 0 Å². The first-order valence-electron chi connectivity index (χ1n) is 9.47. The number of hydrogen-bond acceptors (Lipinski definition) is 4. The van der Waals surface area contributed by atoms with Gasteiger partial charge in [-0.2, -0.15) is 0 Å². The van der Waals surface area contributed by atoms with E-state index >= 15 is 0 Å². The molecular formula is C23H24N2O4S. The molecule has 0 aliphatic heterocycles. The Labute approximate surface area is 177 Å². The standard InChI is InChI=1S/C23H24N2O4S/c1-17-12-13-19(16-21(17)25-30(2,27)28)23(26)24-14-15-29-22-11-7-6-10-20(22)18-8-4-3-5-9-18/h3-13,16,25H,14-15H2,1-2H3,(H,24,26). The Kier molecular flexibility index (Phi) is 6.74. The summed E-state index contributed by atoms with van der Waals surface area (Å²) < 4.78 is 31.3. The number of rotatable bonds is 8. The Balaban J connectivity index is 1.59. The van der Waals surface area contributed by atoms with Crippen LogP contribution in [-0.4, -0.2) is 33.7 Å². The Bertz CT molecular complexity index is 1130. The van der Waals surface area contributed by atoms with Crippen LogP contribution in [0.4, 0.5) is 5.69 Å². The van der Waals surface area contributed by atoms with Crippen molar-refractivity contribution >= 4 is 21.6 Å². The first kappa shape index (κ1) is 21.4. The third-order valence-corrected chi connectivity index (χ3v) is 5.00. The van der Waals surface area contributed by atoms with E-state index in [2.05, 4.69) is 10.0 Å². The largest absolute Gasteiger partial charge is 0.491 e. The molecule has 1 amide bonds. The zero-order valence-electron chi connectivity index (χ0n) is 16.9. The number of nitrogens with one attached hydrogen (secondary N) is 2. The van der Waals surface area contributed by atoms with E-state index in [4.69, 9.17) is 4.74 Å². The molecule has 0 unspecified atom stereocenters. The van der Waals surface area contributed by atoms with Crippen LogP contribution in [0.1, 0.15) is 15.9 Å². The molecule has 0 radical (unpaired) electrons. The van der Waals surface area contributed by atoms with Crippen molar-refractivity contribution in [3.63, 3.8) is 0 Å². The minimum atomic E-state index is -3.42. The highest BCUT2D eigenvalue weighted by Crippen LogP contribution is 2.29. The van der Waals surface area contributed by atoms with Crippen molar-refractivity contribution in [2.45, 2.75) is 6.92 Å². The predicted molar refractivity (Wildman–Crippen MR) is 119 cm³/mol. The van der Waals surface area contributed by atoms with Crippen molar-refractivity contribution in [3.8, 4) is 16.9 Å². The van der Waals surface area contributed by atoms with Crippen LogP contribution in [0, 0.1) is 6.92 Å². The SMILES string of the molecule is Cc1ccc(C(=O)NCCOc2ccccc2-c2ccccc2)cc1NS(C)(=O)=O. The lowest BCUT2D eigenvalue weighted by molar-refractivity contribution is 0.0947. The Morgan fingerprint density at radius 2 is 1.67 bits per heavy atom. The molecule has 0 heterocycles. The van der Waals surface area contributed by atoms with Crippen LogP contribution in [-0.2, 0) is 10.0 Å². The van der Waals surface area contributed by atoms with Crippen LogP contribution in [0.2, 0.25) is 0 Å². The van der Waals surface area contributed by atoms with Crippen molar-refractivity contribution in [3.05, 3.63) is 83.9 Å². The van der Waals surface area contributed by atoms with Gasteiger partial charge in [-0.25, -0.2) is 8.42 Å². The third kappa shape index (κ3) is 5.84. The van der Waals surface area contributed by atoms with E-state index in [9.17, 15) is 13.2 Å². The van der Waals surface area contributed by atoms with E-state index < -0.39 is 10.0 Å². The molecule has 0 spiro atoms. The fraction of sp³-hybridized carbons (Fsp3) is 0.174. The van der Waals surface area contributed by atoms with Crippen LogP contribution < -0.4 is 14.8 Å². The number of carbonyl (C=O) groups excluding carboxylic acids is 1. The number of sulfonamides is 1. The summed E-state index contributed by atoms with van der Waals surface area (Å²) in [5, 5.41) is 2.80. The lowest BCUT2D eigenvalue weighted by Crippen LogP contribution is -2.28. The first-order valence-corrected chi connectivity index (χ1v) is 11.4. The van der Waals surface area contributed by atoms with E-state index in [1.165, 1.54) is 6.07 Å². The van der Waals surface area contributed by atoms with Crippen LogP contribution >= 0.6 is 0 Å². The zero-order chi connectivity index (χ0) is 21.6. The average molecular weight is 425 g/mol. The predicted octanol–water partition coefficient (Wildman–Crippen LogP) is 3.84. The minimum absolute atomic E-state index is 0.300. The van der Waals surface area contributed by atoms with Gasteiger partial charge in [-0.05, 0) is 36.2 Å². The molecule has 3 aromatic carbocycles. The van der Waals surface area contributed by atoms with Crippen molar-refractivity contribution in [2.75, 3.05) is 24.1 Å². The van der Waals surface area contributed by atoms with Gasteiger partial charge in [-0.15, -0.1) is 0 Å². The van der Waals surface area contributed by atoms with Gasteiger partial charge in [0.2, 0.25) is 10.0 Å². The van der Waals surface area contributed by atoms with Gasteiger partial charge >= 0.3 is 0 Å². The Morgan fingerprint density at radius 3 is 2.40 bits per heavy atom. The minimum Gasteiger partial charge on any atom is -0.491 e. The van der Waals surface area contributed by atoms with Gasteiger partial charge in [0, 0.05) is 11.1 Å². The lowest BCUT2D eigenvalue weighted by atomic mass is 10.1. The molecule has 156 valence electrons. The number of anilines is 1. The van der Waals surface area contributed by atoms with Gasteiger partial charge in [0.05, 0.1) is 18.5 Å². The third-order valence-electron chi connectivity index (χ3n) is 4.41.